The fourth-order valence-electron chi connectivity index (χ4n) is 3.83. The Morgan fingerprint density at radius 1 is 0.973 bits per heavy atom. The van der Waals surface area contributed by atoms with Gasteiger partial charge in [-0.2, -0.15) is 18.4 Å². The Balaban J connectivity index is 1.84. The SMILES string of the molecule is CC(C)(F)C[C@H](N[C@@H](c1ccc(-c2ccc(C(=O)C(F)F)cc2)cc1)C(F)(F)F)C(=O)NC1(C#N)CC1. The molecular weight excluding hydrogens is 500 g/mol. The van der Waals surface area contributed by atoms with E-state index in [4.69, 9.17) is 0 Å². The Hall–Kier alpha value is -3.39. The molecule has 3 rings (SSSR count). The van der Waals surface area contributed by atoms with Crippen LogP contribution in [0.25, 0.3) is 11.1 Å². The second-order valence-electron chi connectivity index (χ2n) is 9.66. The maximum Gasteiger partial charge on any atom is 0.407 e. The van der Waals surface area contributed by atoms with Crippen molar-refractivity contribution >= 4 is 11.7 Å². The Morgan fingerprint density at radius 2 is 1.49 bits per heavy atom. The summed E-state index contributed by atoms with van der Waals surface area (Å²) in [6.07, 6.45) is -7.83. The number of carbonyl (C=O) groups excluding carboxylic acids is 2. The lowest BCUT2D eigenvalue weighted by molar-refractivity contribution is -0.161. The molecule has 0 saturated heterocycles. The molecule has 0 bridgehead atoms. The van der Waals surface area contributed by atoms with Gasteiger partial charge in [-0.15, -0.1) is 0 Å². The minimum absolute atomic E-state index is 0.193. The Kier molecular flexibility index (Phi) is 8.03. The highest BCUT2D eigenvalue weighted by atomic mass is 19.4. The third kappa shape index (κ3) is 7.32. The van der Waals surface area contributed by atoms with Crippen LogP contribution in [0.3, 0.4) is 0 Å². The predicted molar refractivity (Wildman–Crippen MR) is 123 cm³/mol. The minimum Gasteiger partial charge on any atom is -0.336 e. The van der Waals surface area contributed by atoms with Crippen LogP contribution in [0.1, 0.15) is 55.1 Å². The van der Waals surface area contributed by atoms with E-state index in [9.17, 15) is 41.2 Å². The van der Waals surface area contributed by atoms with Gasteiger partial charge in [-0.3, -0.25) is 14.9 Å². The second-order valence-corrected chi connectivity index (χ2v) is 9.66. The molecule has 0 aromatic heterocycles. The van der Waals surface area contributed by atoms with E-state index in [1.807, 2.05) is 6.07 Å². The van der Waals surface area contributed by atoms with Crippen molar-refractivity contribution in [3.05, 3.63) is 59.7 Å². The summed E-state index contributed by atoms with van der Waals surface area (Å²) >= 11 is 0. The average Bonchev–Trinajstić information content (AvgIpc) is 3.59. The number of ketones is 1. The number of alkyl halides is 6. The number of hydrogen-bond donors (Lipinski definition) is 2. The van der Waals surface area contributed by atoms with Gasteiger partial charge < -0.3 is 5.32 Å². The quantitative estimate of drug-likeness (QED) is 0.309. The molecule has 0 heterocycles. The normalized spacial score (nSPS) is 16.5. The van der Waals surface area contributed by atoms with Crippen molar-refractivity contribution in [2.75, 3.05) is 0 Å². The topological polar surface area (TPSA) is 82.0 Å². The molecule has 1 amide bonds. The number of Topliss-reactive ketones (excluding diaryl/α,β-unsaturated/α-hetero) is 1. The monoisotopic (exact) mass is 525 g/mol. The van der Waals surface area contributed by atoms with Gasteiger partial charge in [-0.1, -0.05) is 48.5 Å². The summed E-state index contributed by atoms with van der Waals surface area (Å²) in [6.45, 7) is 2.29. The average molecular weight is 525 g/mol. The third-order valence-corrected chi connectivity index (χ3v) is 5.97. The molecule has 1 aliphatic rings. The van der Waals surface area contributed by atoms with E-state index in [0.717, 1.165) is 13.8 Å². The molecule has 0 spiro atoms. The number of benzene rings is 2. The van der Waals surface area contributed by atoms with Gasteiger partial charge in [0.15, 0.2) is 0 Å². The van der Waals surface area contributed by atoms with Crippen LogP contribution in [0, 0.1) is 11.3 Å². The number of nitriles is 1. The summed E-state index contributed by atoms with van der Waals surface area (Å²) in [7, 11) is 0. The molecule has 2 aromatic rings. The van der Waals surface area contributed by atoms with Crippen molar-refractivity contribution in [2.45, 2.75) is 69.0 Å². The van der Waals surface area contributed by atoms with Gasteiger partial charge in [0.05, 0.1) is 12.1 Å². The first-order chi connectivity index (χ1) is 17.1. The highest BCUT2D eigenvalue weighted by molar-refractivity contribution is 5.98. The highest BCUT2D eigenvalue weighted by Gasteiger charge is 2.48. The first-order valence-corrected chi connectivity index (χ1v) is 11.4. The molecule has 0 aliphatic heterocycles. The maximum atomic E-state index is 14.4. The van der Waals surface area contributed by atoms with Crippen LogP contribution in [-0.4, -0.2) is 41.5 Å². The van der Waals surface area contributed by atoms with Crippen LogP contribution in [0.15, 0.2) is 48.5 Å². The molecule has 11 heteroatoms. The fraction of sp³-hybridized carbons (Fsp3) is 0.423. The number of amides is 1. The Bertz CT molecular complexity index is 1160. The summed E-state index contributed by atoms with van der Waals surface area (Å²) in [5.41, 5.74) is -2.60. The second kappa shape index (κ2) is 10.5. The summed E-state index contributed by atoms with van der Waals surface area (Å²) in [6, 6.07) is 8.36. The van der Waals surface area contributed by atoms with E-state index in [-0.39, 0.29) is 11.1 Å². The number of halogens is 6. The van der Waals surface area contributed by atoms with E-state index in [1.54, 1.807) is 0 Å². The first kappa shape index (κ1) is 28.2. The number of rotatable bonds is 10. The molecular formula is C26H25F6N3O2. The molecule has 198 valence electrons. The van der Waals surface area contributed by atoms with Gasteiger partial charge in [0.1, 0.15) is 17.2 Å². The zero-order valence-electron chi connectivity index (χ0n) is 20.0. The number of hydrogen-bond acceptors (Lipinski definition) is 4. The Morgan fingerprint density at radius 3 is 1.89 bits per heavy atom. The molecule has 5 nitrogen and oxygen atoms in total. The van der Waals surface area contributed by atoms with E-state index in [2.05, 4.69) is 10.6 Å². The number of nitrogens with one attached hydrogen (secondary N) is 2. The molecule has 0 unspecified atom stereocenters. The van der Waals surface area contributed by atoms with Gasteiger partial charge >= 0.3 is 12.6 Å². The van der Waals surface area contributed by atoms with Crippen molar-refractivity contribution < 1.29 is 35.9 Å². The lowest BCUT2D eigenvalue weighted by Crippen LogP contribution is -2.53. The standard InChI is InChI=1S/C26H25F6N3O2/c1-24(2,29)13-19(23(37)35-25(14-33)11-12-25)34-21(26(30,31)32)18-9-5-16(6-10-18)15-3-7-17(8-4-15)20(36)22(27)28/h3-10,19,21-22,34H,11-13H2,1-2H3,(H,35,37)/t19-,21-/m0/s1. The van der Waals surface area contributed by atoms with Crippen molar-refractivity contribution in [1.82, 2.24) is 10.6 Å². The van der Waals surface area contributed by atoms with Crippen LogP contribution >= 0.6 is 0 Å². The van der Waals surface area contributed by atoms with Crippen molar-refractivity contribution in [1.29, 1.82) is 5.26 Å². The largest absolute Gasteiger partial charge is 0.407 e. The zero-order valence-corrected chi connectivity index (χ0v) is 20.0. The van der Waals surface area contributed by atoms with Gasteiger partial charge in [-0.05, 0) is 43.4 Å². The van der Waals surface area contributed by atoms with Gasteiger partial charge in [0.2, 0.25) is 11.7 Å². The molecule has 1 saturated carbocycles. The van der Waals surface area contributed by atoms with E-state index >= 15 is 0 Å². The number of nitrogens with zero attached hydrogens (tertiary/aromatic N) is 1. The third-order valence-electron chi connectivity index (χ3n) is 5.97. The summed E-state index contributed by atoms with van der Waals surface area (Å²) in [5, 5.41) is 13.9. The minimum atomic E-state index is -4.84. The molecule has 2 N–H and O–H groups in total. The van der Waals surface area contributed by atoms with Crippen LogP contribution in [0.2, 0.25) is 0 Å². The Labute approximate surface area is 209 Å². The van der Waals surface area contributed by atoms with E-state index in [0.29, 0.717) is 24.0 Å². The van der Waals surface area contributed by atoms with Gasteiger partial charge in [0, 0.05) is 12.0 Å². The van der Waals surface area contributed by atoms with E-state index in [1.165, 1.54) is 48.5 Å². The van der Waals surface area contributed by atoms with Crippen molar-refractivity contribution in [3.63, 3.8) is 0 Å². The lowest BCUT2D eigenvalue weighted by atomic mass is 9.96. The predicted octanol–water partition coefficient (Wildman–Crippen LogP) is 5.67. The van der Waals surface area contributed by atoms with E-state index < -0.39 is 54.0 Å². The molecule has 0 radical (unpaired) electrons. The fourth-order valence-corrected chi connectivity index (χ4v) is 3.83. The molecule has 37 heavy (non-hydrogen) atoms. The smallest absolute Gasteiger partial charge is 0.336 e. The van der Waals surface area contributed by atoms with Crippen LogP contribution in [-0.2, 0) is 4.79 Å². The summed E-state index contributed by atoms with van der Waals surface area (Å²) in [4.78, 5) is 24.2. The molecule has 2 atom stereocenters. The number of carbonyl (C=O) groups is 2. The molecule has 1 fully saturated rings. The summed E-state index contributed by atoms with van der Waals surface area (Å²) in [5.74, 6) is -2.23. The van der Waals surface area contributed by atoms with Crippen LogP contribution in [0.5, 0.6) is 0 Å². The highest BCUT2D eigenvalue weighted by Crippen LogP contribution is 2.37. The maximum absolute atomic E-state index is 14.4. The summed E-state index contributed by atoms with van der Waals surface area (Å²) < 4.78 is 81.7. The zero-order chi connectivity index (χ0) is 27.6. The molecule has 1 aliphatic carbocycles. The lowest BCUT2D eigenvalue weighted by Gasteiger charge is -2.30. The van der Waals surface area contributed by atoms with Crippen molar-refractivity contribution in [2.24, 2.45) is 0 Å². The van der Waals surface area contributed by atoms with Gasteiger partial charge in [0.25, 0.3) is 0 Å². The van der Waals surface area contributed by atoms with Crippen LogP contribution < -0.4 is 10.6 Å². The van der Waals surface area contributed by atoms with Gasteiger partial charge in [-0.25, -0.2) is 13.2 Å². The van der Waals surface area contributed by atoms with Crippen LogP contribution in [0.4, 0.5) is 26.3 Å². The first-order valence-electron chi connectivity index (χ1n) is 11.4. The molecule has 2 aromatic carbocycles. The van der Waals surface area contributed by atoms with Crippen molar-refractivity contribution in [3.8, 4) is 17.2 Å².